The highest BCUT2D eigenvalue weighted by atomic mass is 127. The largest absolute Gasteiger partial charge is 0.493 e. The van der Waals surface area contributed by atoms with Gasteiger partial charge in [0.05, 0.1) is 30.1 Å². The van der Waals surface area contributed by atoms with Crippen molar-refractivity contribution in [2.75, 3.05) is 26.9 Å². The summed E-state index contributed by atoms with van der Waals surface area (Å²) in [5, 5.41) is 4.07. The van der Waals surface area contributed by atoms with Crippen molar-refractivity contribution in [2.24, 2.45) is 5.10 Å². The highest BCUT2D eigenvalue weighted by Gasteiger charge is 2.13. The molecule has 0 atom stereocenters. The first-order valence-electron chi connectivity index (χ1n) is 9.88. The molecule has 0 aliphatic rings. The van der Waals surface area contributed by atoms with Gasteiger partial charge in [0.25, 0.3) is 5.91 Å². The van der Waals surface area contributed by atoms with E-state index in [9.17, 15) is 4.79 Å². The second kappa shape index (κ2) is 12.8. The van der Waals surface area contributed by atoms with Crippen LogP contribution in [0.15, 0.2) is 48.1 Å². The quantitative estimate of drug-likeness (QED) is 0.182. The zero-order valence-electron chi connectivity index (χ0n) is 17.9. The first-order valence-corrected chi connectivity index (χ1v) is 11.0. The van der Waals surface area contributed by atoms with Gasteiger partial charge in [0.2, 0.25) is 0 Å². The molecule has 0 aliphatic carbocycles. The van der Waals surface area contributed by atoms with E-state index in [-0.39, 0.29) is 5.91 Å². The summed E-state index contributed by atoms with van der Waals surface area (Å²) in [6.07, 6.45) is 4.10. The molecule has 0 aliphatic heterocycles. The van der Waals surface area contributed by atoms with Gasteiger partial charge in [0, 0.05) is 5.56 Å². The molecule has 0 saturated carbocycles. The van der Waals surface area contributed by atoms with Gasteiger partial charge in [-0.15, -0.1) is 0 Å². The lowest BCUT2D eigenvalue weighted by Gasteiger charge is -2.14. The van der Waals surface area contributed by atoms with E-state index < -0.39 is 0 Å². The second-order valence-electron chi connectivity index (χ2n) is 6.28. The van der Waals surface area contributed by atoms with Crippen LogP contribution in [0.25, 0.3) is 0 Å². The number of hydrazone groups is 1. The predicted molar refractivity (Wildman–Crippen MR) is 130 cm³/mol. The Labute approximate surface area is 196 Å². The first-order chi connectivity index (χ1) is 15.0. The normalized spacial score (nSPS) is 10.6. The van der Waals surface area contributed by atoms with Crippen molar-refractivity contribution in [3.8, 4) is 23.0 Å². The number of methoxy groups -OCH3 is 1. The van der Waals surface area contributed by atoms with Crippen molar-refractivity contribution in [3.63, 3.8) is 0 Å². The summed E-state index contributed by atoms with van der Waals surface area (Å²) < 4.78 is 23.2. The fourth-order valence-corrected chi connectivity index (χ4v) is 3.36. The van der Waals surface area contributed by atoms with Crippen LogP contribution in [-0.2, 0) is 0 Å². The van der Waals surface area contributed by atoms with Crippen LogP contribution >= 0.6 is 22.6 Å². The van der Waals surface area contributed by atoms with Crippen LogP contribution in [0.1, 0.15) is 36.2 Å². The smallest absolute Gasteiger partial charge is 0.271 e. The standard InChI is InChI=1S/C23H27IN2O5/c1-5-10-30-19-9-8-17(14-20(19)28-4)23(27)26-25-15-16-12-18(24)22(31-11-6-2)21(13-16)29-7-3/h5,8-9,12-15H,1,6-7,10-11H2,2-4H3,(H,26,27)/b25-15+. The van der Waals surface area contributed by atoms with Crippen molar-refractivity contribution in [3.05, 3.63) is 57.7 Å². The number of hydrogen-bond donors (Lipinski definition) is 1. The van der Waals surface area contributed by atoms with Gasteiger partial charge in [-0.05, 0) is 71.8 Å². The van der Waals surface area contributed by atoms with E-state index in [0.717, 1.165) is 21.3 Å². The molecule has 2 aromatic rings. The number of ether oxygens (including phenoxy) is 4. The van der Waals surface area contributed by atoms with E-state index in [1.54, 1.807) is 30.5 Å². The third kappa shape index (κ3) is 7.16. The Bertz CT molecular complexity index is 930. The average Bonchev–Trinajstić information content (AvgIpc) is 2.77. The summed E-state index contributed by atoms with van der Waals surface area (Å²) in [7, 11) is 1.52. The third-order valence-corrected chi connectivity index (χ3v) is 4.75. The number of amides is 1. The Balaban J connectivity index is 2.12. The fraction of sp³-hybridized carbons (Fsp3) is 0.304. The SMILES string of the molecule is C=CCOc1ccc(C(=O)N/N=C/c2cc(I)c(OCCC)c(OCC)c2)cc1OC. The lowest BCUT2D eigenvalue weighted by atomic mass is 10.2. The molecular formula is C23H27IN2O5. The van der Waals surface area contributed by atoms with Gasteiger partial charge in [-0.2, -0.15) is 5.10 Å². The summed E-state index contributed by atoms with van der Waals surface area (Å²) in [5.74, 6) is 1.99. The minimum atomic E-state index is -0.368. The van der Waals surface area contributed by atoms with Gasteiger partial charge in [-0.3, -0.25) is 4.79 Å². The molecule has 0 fully saturated rings. The van der Waals surface area contributed by atoms with Gasteiger partial charge >= 0.3 is 0 Å². The Hall–Kier alpha value is -2.75. The summed E-state index contributed by atoms with van der Waals surface area (Å²) in [6, 6.07) is 8.66. The molecule has 0 unspecified atom stereocenters. The number of rotatable bonds is 12. The third-order valence-electron chi connectivity index (χ3n) is 3.94. The van der Waals surface area contributed by atoms with Crippen molar-refractivity contribution < 1.29 is 23.7 Å². The molecule has 0 radical (unpaired) electrons. The summed E-state index contributed by atoms with van der Waals surface area (Å²) >= 11 is 2.20. The van der Waals surface area contributed by atoms with Crippen LogP contribution < -0.4 is 24.4 Å². The first kappa shape index (κ1) is 24.5. The van der Waals surface area contributed by atoms with E-state index in [1.807, 2.05) is 26.0 Å². The van der Waals surface area contributed by atoms with Crippen molar-refractivity contribution in [2.45, 2.75) is 20.3 Å². The number of carbonyl (C=O) groups excluding carboxylic acids is 1. The zero-order valence-corrected chi connectivity index (χ0v) is 20.1. The maximum atomic E-state index is 12.5. The summed E-state index contributed by atoms with van der Waals surface area (Å²) in [5.41, 5.74) is 3.70. The molecule has 166 valence electrons. The fourth-order valence-electron chi connectivity index (χ4n) is 2.58. The minimum absolute atomic E-state index is 0.344. The maximum absolute atomic E-state index is 12.5. The van der Waals surface area contributed by atoms with E-state index in [2.05, 4.69) is 39.7 Å². The number of carbonyl (C=O) groups is 1. The lowest BCUT2D eigenvalue weighted by molar-refractivity contribution is 0.0954. The molecule has 7 nitrogen and oxygen atoms in total. The number of benzene rings is 2. The second-order valence-corrected chi connectivity index (χ2v) is 7.44. The summed E-state index contributed by atoms with van der Waals surface area (Å²) in [6.45, 7) is 9.05. The highest BCUT2D eigenvalue weighted by Crippen LogP contribution is 2.34. The Kier molecular flexibility index (Phi) is 10.2. The molecule has 8 heteroatoms. The van der Waals surface area contributed by atoms with Crippen molar-refractivity contribution >= 4 is 34.7 Å². The number of nitrogens with zero attached hydrogens (tertiary/aromatic N) is 1. The molecular weight excluding hydrogens is 511 g/mol. The van der Waals surface area contributed by atoms with Gasteiger partial charge in [-0.1, -0.05) is 19.6 Å². The molecule has 0 bridgehead atoms. The van der Waals surface area contributed by atoms with Crippen molar-refractivity contribution in [1.29, 1.82) is 0 Å². The molecule has 0 heterocycles. The van der Waals surface area contributed by atoms with E-state index >= 15 is 0 Å². The van der Waals surface area contributed by atoms with Crippen LogP contribution in [0.5, 0.6) is 23.0 Å². The molecule has 2 aromatic carbocycles. The molecule has 31 heavy (non-hydrogen) atoms. The highest BCUT2D eigenvalue weighted by molar-refractivity contribution is 14.1. The molecule has 1 amide bonds. The molecule has 1 N–H and O–H groups in total. The Morgan fingerprint density at radius 1 is 1.13 bits per heavy atom. The molecule has 0 aromatic heterocycles. The van der Waals surface area contributed by atoms with E-state index in [0.29, 0.717) is 42.6 Å². The zero-order chi connectivity index (χ0) is 22.6. The van der Waals surface area contributed by atoms with Gasteiger partial charge < -0.3 is 18.9 Å². The lowest BCUT2D eigenvalue weighted by Crippen LogP contribution is -2.17. The monoisotopic (exact) mass is 538 g/mol. The van der Waals surface area contributed by atoms with E-state index in [1.165, 1.54) is 7.11 Å². The van der Waals surface area contributed by atoms with Gasteiger partial charge in [-0.25, -0.2) is 5.43 Å². The van der Waals surface area contributed by atoms with Crippen LogP contribution in [0.2, 0.25) is 0 Å². The average molecular weight is 538 g/mol. The topological polar surface area (TPSA) is 78.4 Å². The van der Waals surface area contributed by atoms with Crippen molar-refractivity contribution in [1.82, 2.24) is 5.43 Å². The number of halogens is 1. The van der Waals surface area contributed by atoms with E-state index in [4.69, 9.17) is 18.9 Å². The maximum Gasteiger partial charge on any atom is 0.271 e. The molecule has 2 rings (SSSR count). The van der Waals surface area contributed by atoms with Crippen LogP contribution in [0.4, 0.5) is 0 Å². The van der Waals surface area contributed by atoms with Crippen LogP contribution in [0.3, 0.4) is 0 Å². The van der Waals surface area contributed by atoms with Gasteiger partial charge in [0.15, 0.2) is 23.0 Å². The Morgan fingerprint density at radius 2 is 1.94 bits per heavy atom. The van der Waals surface area contributed by atoms with Crippen LogP contribution in [0, 0.1) is 3.57 Å². The predicted octanol–water partition coefficient (Wildman–Crippen LogP) is 4.82. The molecule has 0 saturated heterocycles. The number of hydrogen-bond acceptors (Lipinski definition) is 6. The summed E-state index contributed by atoms with van der Waals surface area (Å²) in [4.78, 5) is 12.5. The molecule has 0 spiro atoms. The van der Waals surface area contributed by atoms with Crippen LogP contribution in [-0.4, -0.2) is 39.1 Å². The van der Waals surface area contributed by atoms with Gasteiger partial charge in [0.1, 0.15) is 6.61 Å². The Morgan fingerprint density at radius 3 is 2.61 bits per heavy atom. The minimum Gasteiger partial charge on any atom is -0.493 e. The number of nitrogens with one attached hydrogen (secondary N) is 1.